The van der Waals surface area contributed by atoms with Crippen LogP contribution >= 0.6 is 0 Å². The van der Waals surface area contributed by atoms with Crippen LogP contribution in [0.2, 0.25) is 0 Å². The van der Waals surface area contributed by atoms with E-state index in [0.717, 1.165) is 38.5 Å². The summed E-state index contributed by atoms with van der Waals surface area (Å²) in [7, 11) is -2.55. The molecule has 4 aliphatic rings. The fourth-order valence-electron chi connectivity index (χ4n) is 9.25. The minimum absolute atomic E-state index is 0.0360. The minimum Gasteiger partial charge on any atom is -0.393 e. The first-order valence-electron chi connectivity index (χ1n) is 13.9. The Morgan fingerprint density at radius 3 is 2.42 bits per heavy atom. The molecule has 4 rings (SSSR count). The molecule has 208 valence electrons. The predicted octanol–water partition coefficient (Wildman–Crippen LogP) is 2.71. The molecule has 4 aliphatic carbocycles. The molecule has 0 aromatic rings. The van der Waals surface area contributed by atoms with Gasteiger partial charge in [0.15, 0.2) is 0 Å². The topological polar surface area (TPSA) is 135 Å². The Labute approximate surface area is 216 Å². The summed E-state index contributed by atoms with van der Waals surface area (Å²) in [6.45, 7) is 6.66. The molecule has 0 spiro atoms. The molecule has 8 nitrogen and oxygen atoms in total. The summed E-state index contributed by atoms with van der Waals surface area (Å²) in [5, 5.41) is 33.3. The monoisotopic (exact) mass is 528 g/mol. The summed E-state index contributed by atoms with van der Waals surface area (Å²) in [4.78, 5) is 13.9. The minimum atomic E-state index is -4.11. The van der Waals surface area contributed by atoms with Gasteiger partial charge in [0, 0.05) is 20.0 Å². The van der Waals surface area contributed by atoms with Crippen LogP contribution in [-0.4, -0.2) is 76.8 Å². The van der Waals surface area contributed by atoms with Gasteiger partial charge in [-0.2, -0.15) is 8.42 Å². The summed E-state index contributed by atoms with van der Waals surface area (Å²) in [6.07, 6.45) is 5.71. The van der Waals surface area contributed by atoms with Crippen molar-refractivity contribution in [2.45, 2.75) is 96.9 Å². The lowest BCUT2D eigenvalue weighted by atomic mass is 9.43. The number of hydrogen-bond donors (Lipinski definition) is 4. The van der Waals surface area contributed by atoms with Gasteiger partial charge < -0.3 is 20.2 Å². The first kappa shape index (κ1) is 28.3. The van der Waals surface area contributed by atoms with Gasteiger partial charge in [-0.1, -0.05) is 20.8 Å². The lowest BCUT2D eigenvalue weighted by molar-refractivity contribution is -0.207. The van der Waals surface area contributed by atoms with Gasteiger partial charge in [0.25, 0.3) is 10.1 Å². The molecule has 4 saturated carbocycles. The SMILES string of the molecule is C[C@H](CCC(=O)N([11CH3])CCS(=O)(=O)O)[C@H]1CCC2C3C(O)CC4C[C@H](O)CC[C@]4(C)C3C[C@H](O)[C@@]21C. The van der Waals surface area contributed by atoms with Crippen LogP contribution in [-0.2, 0) is 14.9 Å². The first-order chi connectivity index (χ1) is 16.7. The summed E-state index contributed by atoms with van der Waals surface area (Å²) in [5.74, 6) is 0.817. The Hall–Kier alpha value is -0.740. The maximum absolute atomic E-state index is 12.6. The van der Waals surface area contributed by atoms with Gasteiger partial charge in [0.2, 0.25) is 5.91 Å². The van der Waals surface area contributed by atoms with E-state index in [1.165, 1.54) is 4.90 Å². The Morgan fingerprint density at radius 2 is 1.75 bits per heavy atom. The summed E-state index contributed by atoms with van der Waals surface area (Å²) in [6, 6.07) is 0. The number of nitrogens with zero attached hydrogens (tertiary/aromatic N) is 1. The van der Waals surface area contributed by atoms with Crippen molar-refractivity contribution in [1.29, 1.82) is 0 Å². The number of carbonyl (C=O) groups is 1. The molecular formula is C27H47NO7S. The van der Waals surface area contributed by atoms with E-state index in [1.54, 1.807) is 7.05 Å². The highest BCUT2D eigenvalue weighted by atomic mass is 32.2. The average Bonchev–Trinajstić information content (AvgIpc) is 3.15. The third-order valence-corrected chi connectivity index (χ3v) is 12.1. The van der Waals surface area contributed by atoms with E-state index in [4.69, 9.17) is 4.55 Å². The van der Waals surface area contributed by atoms with Crippen LogP contribution in [0, 0.1) is 46.3 Å². The Morgan fingerprint density at radius 1 is 1.06 bits per heavy atom. The van der Waals surface area contributed by atoms with Crippen LogP contribution in [0.1, 0.15) is 78.6 Å². The second-order valence-electron chi connectivity index (χ2n) is 13.1. The van der Waals surface area contributed by atoms with Crippen LogP contribution in [0.3, 0.4) is 0 Å². The lowest BCUT2D eigenvalue weighted by Crippen LogP contribution is -2.62. The molecule has 0 aromatic heterocycles. The van der Waals surface area contributed by atoms with Gasteiger partial charge in [-0.15, -0.1) is 0 Å². The fraction of sp³-hybridized carbons (Fsp3) is 0.963. The van der Waals surface area contributed by atoms with E-state index < -0.39 is 28.1 Å². The highest BCUT2D eigenvalue weighted by Crippen LogP contribution is 2.68. The van der Waals surface area contributed by atoms with E-state index in [9.17, 15) is 28.5 Å². The van der Waals surface area contributed by atoms with Gasteiger partial charge >= 0.3 is 0 Å². The zero-order valence-electron chi connectivity index (χ0n) is 22.3. The first-order valence-corrected chi connectivity index (χ1v) is 15.5. The quantitative estimate of drug-likeness (QED) is 0.373. The van der Waals surface area contributed by atoms with Gasteiger partial charge in [-0.25, -0.2) is 0 Å². The summed E-state index contributed by atoms with van der Waals surface area (Å²) < 4.78 is 30.9. The molecule has 0 aromatic carbocycles. The van der Waals surface area contributed by atoms with E-state index in [2.05, 4.69) is 20.8 Å². The van der Waals surface area contributed by atoms with E-state index in [-0.39, 0.29) is 59.0 Å². The van der Waals surface area contributed by atoms with Crippen molar-refractivity contribution in [2.24, 2.45) is 46.3 Å². The Bertz CT molecular complexity index is 927. The number of aliphatic hydroxyl groups excluding tert-OH is 3. The average molecular weight is 529 g/mol. The lowest BCUT2D eigenvalue weighted by Gasteiger charge is -2.63. The van der Waals surface area contributed by atoms with Crippen molar-refractivity contribution < 1.29 is 33.1 Å². The third-order valence-electron chi connectivity index (χ3n) is 11.4. The van der Waals surface area contributed by atoms with Gasteiger partial charge in [-0.3, -0.25) is 9.35 Å². The Kier molecular flexibility index (Phi) is 7.93. The van der Waals surface area contributed by atoms with Crippen LogP contribution in [0.25, 0.3) is 0 Å². The molecule has 11 atom stereocenters. The van der Waals surface area contributed by atoms with Crippen LogP contribution in [0.5, 0.6) is 0 Å². The molecule has 0 bridgehead atoms. The highest BCUT2D eigenvalue weighted by molar-refractivity contribution is 7.85. The number of hydrogen-bond acceptors (Lipinski definition) is 6. The van der Waals surface area contributed by atoms with Gasteiger partial charge in [0.1, 0.15) is 0 Å². The van der Waals surface area contributed by atoms with Crippen molar-refractivity contribution in [1.82, 2.24) is 4.90 Å². The van der Waals surface area contributed by atoms with E-state index in [1.807, 2.05) is 0 Å². The number of amides is 1. The Balaban J connectivity index is 1.44. The second-order valence-corrected chi connectivity index (χ2v) is 14.7. The van der Waals surface area contributed by atoms with Gasteiger partial charge in [0.05, 0.1) is 24.1 Å². The van der Waals surface area contributed by atoms with E-state index >= 15 is 0 Å². The molecule has 0 radical (unpaired) electrons. The molecule has 0 heterocycles. The third kappa shape index (κ3) is 4.99. The second kappa shape index (κ2) is 10.1. The molecule has 4 fully saturated rings. The van der Waals surface area contributed by atoms with Crippen molar-refractivity contribution in [3.8, 4) is 0 Å². The normalized spacial score (nSPS) is 45.3. The molecule has 0 saturated heterocycles. The predicted molar refractivity (Wildman–Crippen MR) is 136 cm³/mol. The highest BCUT2D eigenvalue weighted by Gasteiger charge is 2.65. The molecule has 9 heteroatoms. The maximum Gasteiger partial charge on any atom is 0.266 e. The van der Waals surface area contributed by atoms with E-state index in [0.29, 0.717) is 25.2 Å². The van der Waals surface area contributed by atoms with Crippen LogP contribution < -0.4 is 0 Å². The zero-order chi connectivity index (χ0) is 26.6. The van der Waals surface area contributed by atoms with Gasteiger partial charge in [-0.05, 0) is 97.7 Å². The summed E-state index contributed by atoms with van der Waals surface area (Å²) >= 11 is 0. The number of fused-ring (bicyclic) bond motifs is 5. The molecule has 4 N–H and O–H groups in total. The number of rotatable bonds is 7. The van der Waals surface area contributed by atoms with Crippen molar-refractivity contribution in [2.75, 3.05) is 19.3 Å². The smallest absolute Gasteiger partial charge is 0.266 e. The summed E-state index contributed by atoms with van der Waals surface area (Å²) in [5.41, 5.74) is -0.257. The zero-order valence-corrected chi connectivity index (χ0v) is 23.2. The van der Waals surface area contributed by atoms with Crippen LogP contribution in [0.4, 0.5) is 0 Å². The number of aliphatic hydroxyl groups is 3. The van der Waals surface area contributed by atoms with Crippen molar-refractivity contribution >= 4 is 16.0 Å². The van der Waals surface area contributed by atoms with Crippen molar-refractivity contribution in [3.05, 3.63) is 0 Å². The molecule has 0 aliphatic heterocycles. The molecular weight excluding hydrogens is 481 g/mol. The standard InChI is InChI=1S/C27H47NO7S/c1-16(5-8-24(32)28(4)11-12-36(33,34)35)19-6-7-20-25-21(15-23(31)27(19,20)3)26(2)10-9-18(29)13-17(26)14-22(25)30/h16-23,25,29-31H,5-15H2,1-4H3,(H,33,34,35)/t16-,17?,18-,19-,20?,21?,22?,23+,25?,26+,27-/m1/s1/i4-1. The van der Waals surface area contributed by atoms with Crippen LogP contribution in [0.15, 0.2) is 0 Å². The fourth-order valence-corrected chi connectivity index (χ4v) is 9.76. The van der Waals surface area contributed by atoms with Crippen molar-refractivity contribution in [3.63, 3.8) is 0 Å². The largest absolute Gasteiger partial charge is 0.393 e. The number of carbonyl (C=O) groups excluding carboxylic acids is 1. The maximum atomic E-state index is 12.6. The molecule has 5 unspecified atom stereocenters. The molecule has 1 amide bonds. The molecule has 36 heavy (non-hydrogen) atoms.